The van der Waals surface area contributed by atoms with Crippen molar-refractivity contribution in [3.8, 4) is 5.75 Å². The van der Waals surface area contributed by atoms with Crippen LogP contribution < -0.4 is 10.1 Å². The fourth-order valence-corrected chi connectivity index (χ4v) is 2.88. The van der Waals surface area contributed by atoms with E-state index >= 15 is 0 Å². The summed E-state index contributed by atoms with van der Waals surface area (Å²) in [6.45, 7) is 2.51. The minimum Gasteiger partial charge on any atom is -0.497 e. The molecule has 0 amide bonds. The number of methoxy groups -OCH3 is 1. The van der Waals surface area contributed by atoms with Crippen LogP contribution in [0.5, 0.6) is 5.75 Å². The molecule has 1 fully saturated rings. The molecule has 0 radical (unpaired) electrons. The number of benzene rings is 1. The van der Waals surface area contributed by atoms with Crippen LogP contribution in [0, 0.1) is 5.92 Å². The van der Waals surface area contributed by atoms with Crippen molar-refractivity contribution in [3.05, 3.63) is 24.3 Å². The second kappa shape index (κ2) is 6.29. The third-order valence-corrected chi connectivity index (χ3v) is 4.27. The summed E-state index contributed by atoms with van der Waals surface area (Å²) in [5.74, 6) is 1.63. The van der Waals surface area contributed by atoms with Crippen LogP contribution in [0.15, 0.2) is 24.3 Å². The van der Waals surface area contributed by atoms with E-state index in [9.17, 15) is 5.11 Å². The van der Waals surface area contributed by atoms with Crippen molar-refractivity contribution in [2.45, 2.75) is 44.6 Å². The lowest BCUT2D eigenvalue weighted by atomic mass is 9.90. The minimum absolute atomic E-state index is 0.153. The summed E-state index contributed by atoms with van der Waals surface area (Å²) in [4.78, 5) is 0. The SMILES string of the molecule is COc1ccc(NC2(CO)CCCC(C)CC2)cc1. The van der Waals surface area contributed by atoms with E-state index < -0.39 is 0 Å². The zero-order valence-corrected chi connectivity index (χ0v) is 12.0. The lowest BCUT2D eigenvalue weighted by Crippen LogP contribution is -2.41. The minimum atomic E-state index is -0.153. The molecule has 2 N–H and O–H groups in total. The van der Waals surface area contributed by atoms with Crippen LogP contribution in [0.25, 0.3) is 0 Å². The summed E-state index contributed by atoms with van der Waals surface area (Å²) in [5.41, 5.74) is 0.906. The van der Waals surface area contributed by atoms with Crippen LogP contribution in [0.3, 0.4) is 0 Å². The Balaban J connectivity index is 2.08. The number of aliphatic hydroxyl groups is 1. The molecule has 0 aromatic heterocycles. The Labute approximate surface area is 116 Å². The Kier molecular flexibility index (Phi) is 4.70. The van der Waals surface area contributed by atoms with Crippen LogP contribution in [0.2, 0.25) is 0 Å². The molecule has 3 nitrogen and oxygen atoms in total. The lowest BCUT2D eigenvalue weighted by Gasteiger charge is -2.33. The van der Waals surface area contributed by atoms with Crippen molar-refractivity contribution in [2.24, 2.45) is 5.92 Å². The molecule has 19 heavy (non-hydrogen) atoms. The van der Waals surface area contributed by atoms with E-state index in [-0.39, 0.29) is 12.1 Å². The maximum absolute atomic E-state index is 9.83. The van der Waals surface area contributed by atoms with Gasteiger partial charge in [0.15, 0.2) is 0 Å². The van der Waals surface area contributed by atoms with Crippen molar-refractivity contribution in [2.75, 3.05) is 19.0 Å². The average molecular weight is 263 g/mol. The molecule has 0 spiro atoms. The number of rotatable bonds is 4. The van der Waals surface area contributed by atoms with Crippen molar-refractivity contribution in [1.29, 1.82) is 0 Å². The predicted octanol–water partition coefficient (Wildman–Crippen LogP) is 3.44. The highest BCUT2D eigenvalue weighted by atomic mass is 16.5. The molecule has 0 aliphatic heterocycles. The van der Waals surface area contributed by atoms with Crippen molar-refractivity contribution < 1.29 is 9.84 Å². The first-order chi connectivity index (χ1) is 9.17. The molecule has 1 aliphatic rings. The molecule has 3 heteroatoms. The topological polar surface area (TPSA) is 41.5 Å². The predicted molar refractivity (Wildman–Crippen MR) is 78.7 cm³/mol. The van der Waals surface area contributed by atoms with Gasteiger partial charge in [-0.05, 0) is 49.4 Å². The molecule has 1 saturated carbocycles. The number of nitrogens with one attached hydrogen (secondary N) is 1. The van der Waals surface area contributed by atoms with E-state index in [4.69, 9.17) is 4.74 Å². The van der Waals surface area contributed by atoms with Gasteiger partial charge in [-0.15, -0.1) is 0 Å². The Bertz CT molecular complexity index is 390. The maximum Gasteiger partial charge on any atom is 0.119 e. The zero-order valence-electron chi connectivity index (χ0n) is 12.0. The van der Waals surface area contributed by atoms with Gasteiger partial charge in [0, 0.05) is 5.69 Å². The summed E-state index contributed by atoms with van der Waals surface area (Å²) < 4.78 is 5.17. The summed E-state index contributed by atoms with van der Waals surface area (Å²) in [7, 11) is 1.67. The van der Waals surface area contributed by atoms with Crippen LogP contribution in [0.4, 0.5) is 5.69 Å². The van der Waals surface area contributed by atoms with Gasteiger partial charge >= 0.3 is 0 Å². The number of aliphatic hydroxyl groups excluding tert-OH is 1. The van der Waals surface area contributed by atoms with E-state index in [1.165, 1.54) is 19.3 Å². The fourth-order valence-electron chi connectivity index (χ4n) is 2.88. The fraction of sp³-hybridized carbons (Fsp3) is 0.625. The first kappa shape index (κ1) is 14.2. The molecule has 0 heterocycles. The van der Waals surface area contributed by atoms with E-state index in [0.29, 0.717) is 0 Å². The molecule has 1 aromatic rings. The second-order valence-electron chi connectivity index (χ2n) is 5.83. The van der Waals surface area contributed by atoms with Gasteiger partial charge in [-0.2, -0.15) is 0 Å². The van der Waals surface area contributed by atoms with Crippen LogP contribution in [0.1, 0.15) is 39.0 Å². The number of hydrogen-bond donors (Lipinski definition) is 2. The standard InChI is InChI=1S/C16H25NO2/c1-13-4-3-10-16(12-18,11-9-13)17-14-5-7-15(19-2)8-6-14/h5-8,13,17-18H,3-4,9-12H2,1-2H3. The summed E-state index contributed by atoms with van der Waals surface area (Å²) in [6, 6.07) is 7.94. The molecule has 1 aromatic carbocycles. The molecule has 0 bridgehead atoms. The number of ether oxygens (including phenoxy) is 1. The highest BCUT2D eigenvalue weighted by molar-refractivity contribution is 5.48. The lowest BCUT2D eigenvalue weighted by molar-refractivity contribution is 0.194. The molecule has 2 unspecified atom stereocenters. The number of anilines is 1. The van der Waals surface area contributed by atoms with Crippen molar-refractivity contribution in [1.82, 2.24) is 0 Å². The van der Waals surface area contributed by atoms with E-state index in [0.717, 1.165) is 30.2 Å². The third kappa shape index (κ3) is 3.63. The number of hydrogen-bond acceptors (Lipinski definition) is 3. The normalized spacial score (nSPS) is 27.6. The molecule has 2 rings (SSSR count). The van der Waals surface area contributed by atoms with E-state index in [1.807, 2.05) is 24.3 Å². The Hall–Kier alpha value is -1.22. The van der Waals surface area contributed by atoms with Crippen molar-refractivity contribution in [3.63, 3.8) is 0 Å². The van der Waals surface area contributed by atoms with Gasteiger partial charge in [-0.1, -0.05) is 19.8 Å². The van der Waals surface area contributed by atoms with E-state index in [2.05, 4.69) is 12.2 Å². The monoisotopic (exact) mass is 263 g/mol. The molecule has 1 aliphatic carbocycles. The highest BCUT2D eigenvalue weighted by Crippen LogP contribution is 2.33. The van der Waals surface area contributed by atoms with Gasteiger partial charge < -0.3 is 15.2 Å². The Morgan fingerprint density at radius 1 is 1.26 bits per heavy atom. The largest absolute Gasteiger partial charge is 0.497 e. The van der Waals surface area contributed by atoms with Crippen LogP contribution >= 0.6 is 0 Å². The maximum atomic E-state index is 9.83. The first-order valence-electron chi connectivity index (χ1n) is 7.20. The van der Waals surface area contributed by atoms with Gasteiger partial charge in [0.2, 0.25) is 0 Å². The molecular weight excluding hydrogens is 238 g/mol. The van der Waals surface area contributed by atoms with E-state index in [1.54, 1.807) is 7.11 Å². The van der Waals surface area contributed by atoms with Gasteiger partial charge in [0.25, 0.3) is 0 Å². The zero-order chi connectivity index (χ0) is 13.7. The summed E-state index contributed by atoms with van der Waals surface area (Å²) >= 11 is 0. The van der Waals surface area contributed by atoms with Gasteiger partial charge in [0.05, 0.1) is 19.3 Å². The van der Waals surface area contributed by atoms with Gasteiger partial charge in [0.1, 0.15) is 5.75 Å². The van der Waals surface area contributed by atoms with Gasteiger partial charge in [-0.25, -0.2) is 0 Å². The summed E-state index contributed by atoms with van der Waals surface area (Å²) in [5, 5.41) is 13.4. The van der Waals surface area contributed by atoms with Crippen LogP contribution in [-0.4, -0.2) is 24.4 Å². The summed E-state index contributed by atoms with van der Waals surface area (Å²) in [6.07, 6.45) is 5.72. The Morgan fingerprint density at radius 2 is 2.00 bits per heavy atom. The Morgan fingerprint density at radius 3 is 2.63 bits per heavy atom. The first-order valence-corrected chi connectivity index (χ1v) is 7.20. The molecule has 2 atom stereocenters. The highest BCUT2D eigenvalue weighted by Gasteiger charge is 2.31. The average Bonchev–Trinajstić information content (AvgIpc) is 2.63. The van der Waals surface area contributed by atoms with Gasteiger partial charge in [-0.3, -0.25) is 0 Å². The van der Waals surface area contributed by atoms with Crippen molar-refractivity contribution >= 4 is 5.69 Å². The molecule has 0 saturated heterocycles. The molecular formula is C16H25NO2. The quantitative estimate of drug-likeness (QED) is 0.818. The smallest absolute Gasteiger partial charge is 0.119 e. The second-order valence-corrected chi connectivity index (χ2v) is 5.83. The van der Waals surface area contributed by atoms with Crippen LogP contribution in [-0.2, 0) is 0 Å². The molecule has 106 valence electrons. The third-order valence-electron chi connectivity index (χ3n) is 4.27.